The first-order valence-electron chi connectivity index (χ1n) is 6.32. The van der Waals surface area contributed by atoms with Gasteiger partial charge in [0.25, 0.3) is 0 Å². The van der Waals surface area contributed by atoms with Crippen molar-refractivity contribution in [3.05, 3.63) is 41.9 Å². The lowest BCUT2D eigenvalue weighted by Gasteiger charge is -1.97. The van der Waals surface area contributed by atoms with Crippen LogP contribution < -0.4 is 0 Å². The number of carbonyl (C=O) groups is 1. The first kappa shape index (κ1) is 13.3. The Morgan fingerprint density at radius 2 is 2.25 bits per heavy atom. The smallest absolute Gasteiger partial charge is 0.175 e. The van der Waals surface area contributed by atoms with Crippen molar-refractivity contribution in [2.24, 2.45) is 0 Å². The van der Waals surface area contributed by atoms with E-state index in [1.54, 1.807) is 6.20 Å². The fraction of sp³-hybridized carbons (Fsp3) is 0.214. The van der Waals surface area contributed by atoms with Gasteiger partial charge in [-0.15, -0.1) is 0 Å². The topological polar surface area (TPSA) is 58.6 Å². The molecular weight excluding hydrogens is 290 g/mol. The van der Waals surface area contributed by atoms with Crippen LogP contribution in [0.1, 0.15) is 23.1 Å². The molecule has 0 atom stereocenters. The van der Waals surface area contributed by atoms with Crippen LogP contribution in [0.25, 0.3) is 10.9 Å². The summed E-state index contributed by atoms with van der Waals surface area (Å²) < 4.78 is 5.07. The van der Waals surface area contributed by atoms with E-state index >= 15 is 0 Å². The lowest BCUT2D eigenvalue weighted by Crippen LogP contribution is -2.01. The summed E-state index contributed by atoms with van der Waals surface area (Å²) in [6.07, 6.45) is 2.61. The zero-order valence-corrected chi connectivity index (χ0v) is 12.6. The van der Waals surface area contributed by atoms with E-state index < -0.39 is 0 Å². The van der Waals surface area contributed by atoms with E-state index in [1.807, 2.05) is 31.2 Å². The Kier molecular flexibility index (Phi) is 3.84. The molecule has 6 heteroatoms. The highest BCUT2D eigenvalue weighted by Crippen LogP contribution is 2.24. The Bertz CT molecular complexity index is 748. The van der Waals surface area contributed by atoms with Gasteiger partial charge in [-0.1, -0.05) is 36.9 Å². The fourth-order valence-electron chi connectivity index (χ4n) is 1.95. The van der Waals surface area contributed by atoms with Gasteiger partial charge in [-0.3, -0.25) is 4.79 Å². The second kappa shape index (κ2) is 5.76. The van der Waals surface area contributed by atoms with Crippen LogP contribution >= 0.6 is 23.3 Å². The zero-order valence-electron chi connectivity index (χ0n) is 10.9. The predicted octanol–water partition coefficient (Wildman–Crippen LogP) is 3.56. The predicted molar refractivity (Wildman–Crippen MR) is 82.6 cm³/mol. The molecule has 3 aromatic rings. The van der Waals surface area contributed by atoms with Gasteiger partial charge in [-0.2, -0.15) is 4.37 Å². The Balaban J connectivity index is 1.73. The van der Waals surface area contributed by atoms with Gasteiger partial charge in [0.2, 0.25) is 0 Å². The number of aryl methyl sites for hydroxylation is 1. The summed E-state index contributed by atoms with van der Waals surface area (Å²) in [5.74, 6) is 1.35. The molecule has 0 radical (unpaired) electrons. The molecule has 0 amide bonds. The maximum Gasteiger partial charge on any atom is 0.175 e. The van der Waals surface area contributed by atoms with E-state index in [-0.39, 0.29) is 5.78 Å². The molecule has 0 saturated heterocycles. The number of fused-ring (bicyclic) bond motifs is 1. The molecule has 0 aliphatic carbocycles. The highest BCUT2D eigenvalue weighted by Gasteiger charge is 2.13. The van der Waals surface area contributed by atoms with Crippen LogP contribution in [-0.4, -0.2) is 25.9 Å². The summed E-state index contributed by atoms with van der Waals surface area (Å²) in [5.41, 5.74) is 1.73. The number of rotatable bonds is 5. The average molecular weight is 303 g/mol. The number of carbonyl (C=O) groups excluding carboxylic acids is 1. The molecule has 1 N–H and O–H groups in total. The Morgan fingerprint density at radius 1 is 1.40 bits per heavy atom. The first-order chi connectivity index (χ1) is 9.78. The number of Topliss-reactive ketones (excluding diaryl/α,β-unsaturated/α-hetero) is 1. The number of aromatic amines is 1. The Hall–Kier alpha value is -1.66. The van der Waals surface area contributed by atoms with Crippen LogP contribution in [0.2, 0.25) is 0 Å². The van der Waals surface area contributed by atoms with Gasteiger partial charge in [0.05, 0.1) is 5.75 Å². The van der Waals surface area contributed by atoms with Crippen molar-refractivity contribution in [2.45, 2.75) is 17.7 Å². The Morgan fingerprint density at radius 3 is 3.05 bits per heavy atom. The maximum absolute atomic E-state index is 12.3. The molecule has 0 saturated carbocycles. The van der Waals surface area contributed by atoms with E-state index in [9.17, 15) is 4.79 Å². The van der Waals surface area contributed by atoms with Crippen molar-refractivity contribution >= 4 is 40.0 Å². The van der Waals surface area contributed by atoms with Gasteiger partial charge in [-0.25, -0.2) is 4.98 Å². The number of benzene rings is 1. The van der Waals surface area contributed by atoms with Gasteiger partial charge >= 0.3 is 0 Å². The largest absolute Gasteiger partial charge is 0.360 e. The van der Waals surface area contributed by atoms with Crippen LogP contribution in [0.5, 0.6) is 0 Å². The van der Waals surface area contributed by atoms with Crippen LogP contribution in [-0.2, 0) is 6.42 Å². The summed E-state index contributed by atoms with van der Waals surface area (Å²) >= 11 is 2.81. The average Bonchev–Trinajstić information content (AvgIpc) is 3.11. The number of ketones is 1. The molecule has 2 aromatic heterocycles. The minimum atomic E-state index is 0.112. The van der Waals surface area contributed by atoms with Crippen molar-refractivity contribution in [1.82, 2.24) is 14.3 Å². The van der Waals surface area contributed by atoms with Crippen molar-refractivity contribution in [3.8, 4) is 0 Å². The van der Waals surface area contributed by atoms with Gasteiger partial charge in [0.15, 0.2) is 10.1 Å². The normalized spacial score (nSPS) is 11.1. The van der Waals surface area contributed by atoms with Gasteiger partial charge in [-0.05, 0) is 17.6 Å². The molecule has 0 fully saturated rings. The third-order valence-electron chi connectivity index (χ3n) is 2.98. The minimum absolute atomic E-state index is 0.112. The number of para-hydroxylation sites is 1. The van der Waals surface area contributed by atoms with Crippen molar-refractivity contribution in [1.29, 1.82) is 0 Å². The van der Waals surface area contributed by atoms with E-state index in [2.05, 4.69) is 14.3 Å². The highest BCUT2D eigenvalue weighted by atomic mass is 32.2. The molecule has 3 rings (SSSR count). The summed E-state index contributed by atoms with van der Waals surface area (Å²) in [7, 11) is 0. The zero-order chi connectivity index (χ0) is 13.9. The number of hydrogen-bond donors (Lipinski definition) is 1. The molecule has 20 heavy (non-hydrogen) atoms. The van der Waals surface area contributed by atoms with Gasteiger partial charge in [0, 0.05) is 29.1 Å². The van der Waals surface area contributed by atoms with E-state index in [0.29, 0.717) is 5.75 Å². The Labute approximate surface area is 124 Å². The van der Waals surface area contributed by atoms with Gasteiger partial charge < -0.3 is 4.98 Å². The minimum Gasteiger partial charge on any atom is -0.360 e. The molecule has 102 valence electrons. The molecule has 0 aliphatic heterocycles. The van der Waals surface area contributed by atoms with Crippen LogP contribution in [0, 0.1) is 0 Å². The standard InChI is InChI=1S/C14H13N3OS2/c1-2-13-16-14(20-17-13)19-8-12(18)10-7-15-11-6-4-3-5-9(10)11/h3-7,15H,2,8H2,1H3. The van der Waals surface area contributed by atoms with Crippen LogP contribution in [0.15, 0.2) is 34.8 Å². The SMILES string of the molecule is CCc1nsc(SCC(=O)c2c[nH]c3ccccc23)n1. The molecule has 1 aromatic carbocycles. The third-order valence-corrected chi connectivity index (χ3v) is 4.85. The quantitative estimate of drug-likeness (QED) is 0.578. The van der Waals surface area contributed by atoms with E-state index in [0.717, 1.165) is 33.1 Å². The van der Waals surface area contributed by atoms with E-state index in [4.69, 9.17) is 0 Å². The summed E-state index contributed by atoms with van der Waals surface area (Å²) in [6, 6.07) is 7.83. The molecule has 0 aliphatic rings. The number of nitrogens with zero attached hydrogens (tertiary/aromatic N) is 2. The van der Waals surface area contributed by atoms with Crippen molar-refractivity contribution in [2.75, 3.05) is 5.75 Å². The summed E-state index contributed by atoms with van der Waals surface area (Å²) in [5, 5.41) is 0.976. The first-order valence-corrected chi connectivity index (χ1v) is 8.08. The van der Waals surface area contributed by atoms with Crippen LogP contribution in [0.4, 0.5) is 0 Å². The highest BCUT2D eigenvalue weighted by molar-refractivity contribution is 8.01. The van der Waals surface area contributed by atoms with Crippen molar-refractivity contribution < 1.29 is 4.79 Å². The monoisotopic (exact) mass is 303 g/mol. The fourth-order valence-corrected chi connectivity index (χ4v) is 3.53. The molecule has 2 heterocycles. The summed E-state index contributed by atoms with van der Waals surface area (Å²) in [6.45, 7) is 2.02. The second-order valence-electron chi connectivity index (χ2n) is 4.29. The number of thioether (sulfide) groups is 1. The number of aromatic nitrogens is 3. The maximum atomic E-state index is 12.3. The third kappa shape index (κ3) is 2.62. The van der Waals surface area contributed by atoms with Crippen molar-refractivity contribution in [3.63, 3.8) is 0 Å². The number of H-pyrrole nitrogens is 1. The number of nitrogens with one attached hydrogen (secondary N) is 1. The van der Waals surface area contributed by atoms with E-state index in [1.165, 1.54) is 23.3 Å². The molecule has 0 unspecified atom stereocenters. The molecule has 4 nitrogen and oxygen atoms in total. The lowest BCUT2D eigenvalue weighted by molar-refractivity contribution is 0.102. The van der Waals surface area contributed by atoms with Gasteiger partial charge in [0.1, 0.15) is 5.82 Å². The second-order valence-corrected chi connectivity index (χ2v) is 6.26. The lowest BCUT2D eigenvalue weighted by atomic mass is 10.1. The van der Waals surface area contributed by atoms with Crippen LogP contribution in [0.3, 0.4) is 0 Å². The summed E-state index contributed by atoms with van der Waals surface area (Å²) in [4.78, 5) is 19.8. The molecule has 0 spiro atoms. The number of hydrogen-bond acceptors (Lipinski definition) is 5. The molecule has 0 bridgehead atoms. The molecular formula is C14H13N3OS2.